The maximum absolute atomic E-state index is 4.35. The van der Waals surface area contributed by atoms with Crippen LogP contribution in [0.2, 0.25) is 0 Å². The Hall–Kier alpha value is -3.65. The summed E-state index contributed by atoms with van der Waals surface area (Å²) in [7, 11) is 0. The Morgan fingerprint density at radius 1 is 0.424 bits per heavy atom. The van der Waals surface area contributed by atoms with Gasteiger partial charge in [-0.2, -0.15) is 0 Å². The molecular formula is C30H20IrN2-2. The van der Waals surface area contributed by atoms with Gasteiger partial charge in [0.25, 0.3) is 0 Å². The molecule has 6 rings (SSSR count). The van der Waals surface area contributed by atoms with Crippen LogP contribution in [0, 0.1) is 12.4 Å². The molecule has 6 aromatic rings. The molecule has 0 aliphatic heterocycles. The molecule has 2 heterocycles. The molecule has 161 valence electrons. The van der Waals surface area contributed by atoms with E-state index in [0.717, 1.165) is 33.3 Å². The number of pyridine rings is 2. The summed E-state index contributed by atoms with van der Waals surface area (Å²) >= 11 is 0. The first-order chi connectivity index (χ1) is 15.9. The number of rotatable bonds is 2. The van der Waals surface area contributed by atoms with Crippen LogP contribution in [-0.4, -0.2) is 9.97 Å². The maximum atomic E-state index is 4.35. The molecule has 1 radical (unpaired) electrons. The van der Waals surface area contributed by atoms with Gasteiger partial charge in [0.05, 0.1) is 0 Å². The standard InChI is InChI=1S/2C15H10N.Ir/c2*1-2-6-12(7-3-1)15-10-13-8-4-5-9-14(13)11-16-15;/h2*1-10H;/q2*-1;. The summed E-state index contributed by atoms with van der Waals surface area (Å²) in [6.07, 6.45) is 6.14. The summed E-state index contributed by atoms with van der Waals surface area (Å²) in [6, 6.07) is 40.8. The van der Waals surface area contributed by atoms with Crippen molar-refractivity contribution < 1.29 is 20.1 Å². The third-order valence-corrected chi connectivity index (χ3v) is 5.24. The Labute approximate surface area is 207 Å². The Morgan fingerprint density at radius 2 is 0.788 bits per heavy atom. The Bertz CT molecular complexity index is 1350. The molecule has 3 heteroatoms. The zero-order chi connectivity index (χ0) is 21.6. The van der Waals surface area contributed by atoms with E-state index in [2.05, 4.69) is 70.9 Å². The molecular weight excluding hydrogens is 581 g/mol. The normalized spacial score (nSPS) is 10.2. The minimum Gasteiger partial charge on any atom is -0.352 e. The largest absolute Gasteiger partial charge is 0.352 e. The van der Waals surface area contributed by atoms with Gasteiger partial charge in [0.2, 0.25) is 0 Å². The number of benzene rings is 4. The van der Waals surface area contributed by atoms with Crippen molar-refractivity contribution >= 4 is 21.5 Å². The first-order valence-corrected chi connectivity index (χ1v) is 10.5. The summed E-state index contributed by atoms with van der Waals surface area (Å²) < 4.78 is 0. The second-order valence-electron chi connectivity index (χ2n) is 7.41. The average Bonchev–Trinajstić information content (AvgIpc) is 2.89. The Balaban J connectivity index is 0.000000152. The van der Waals surface area contributed by atoms with Crippen LogP contribution < -0.4 is 0 Å². The third-order valence-electron chi connectivity index (χ3n) is 5.24. The maximum Gasteiger partial charge on any atom is 0 e. The first kappa shape index (κ1) is 22.5. The van der Waals surface area contributed by atoms with Crippen molar-refractivity contribution in [2.45, 2.75) is 0 Å². The van der Waals surface area contributed by atoms with Crippen molar-refractivity contribution in [3.05, 3.63) is 134 Å². The zero-order valence-electron chi connectivity index (χ0n) is 17.8. The van der Waals surface area contributed by atoms with Crippen LogP contribution in [-0.2, 0) is 20.1 Å². The van der Waals surface area contributed by atoms with Crippen LogP contribution in [0.25, 0.3) is 44.1 Å². The van der Waals surface area contributed by atoms with Gasteiger partial charge in [-0.05, 0) is 34.9 Å². The van der Waals surface area contributed by atoms with Crippen LogP contribution >= 0.6 is 0 Å². The van der Waals surface area contributed by atoms with Crippen LogP contribution in [0.4, 0.5) is 0 Å². The number of hydrogen-bond donors (Lipinski definition) is 0. The fourth-order valence-corrected chi connectivity index (χ4v) is 3.56. The SMILES string of the molecule is [Ir].[c-]1nc(-c2ccccc2)cc2ccccc12.[c-]1nc(-c2ccccc2)cc2ccccc12. The van der Waals surface area contributed by atoms with Crippen LogP contribution in [0.3, 0.4) is 0 Å². The fourth-order valence-electron chi connectivity index (χ4n) is 3.56. The minimum atomic E-state index is 0. The summed E-state index contributed by atoms with van der Waals surface area (Å²) in [4.78, 5) is 8.70. The van der Waals surface area contributed by atoms with Gasteiger partial charge in [-0.1, -0.05) is 84.9 Å². The number of aromatic nitrogens is 2. The quantitative estimate of drug-likeness (QED) is 0.194. The summed E-state index contributed by atoms with van der Waals surface area (Å²) in [5.41, 5.74) is 4.20. The molecule has 0 aliphatic rings. The van der Waals surface area contributed by atoms with Gasteiger partial charge in [0, 0.05) is 20.1 Å². The molecule has 2 aromatic heterocycles. The molecule has 0 bridgehead atoms. The monoisotopic (exact) mass is 601 g/mol. The van der Waals surface area contributed by atoms with E-state index in [0.29, 0.717) is 0 Å². The van der Waals surface area contributed by atoms with E-state index in [1.807, 2.05) is 72.8 Å². The summed E-state index contributed by atoms with van der Waals surface area (Å²) in [5.74, 6) is 0. The van der Waals surface area contributed by atoms with Crippen molar-refractivity contribution in [1.29, 1.82) is 0 Å². The topological polar surface area (TPSA) is 25.8 Å². The average molecular weight is 601 g/mol. The molecule has 0 amide bonds. The molecule has 4 aromatic carbocycles. The fraction of sp³-hybridized carbons (Fsp3) is 0. The van der Waals surface area contributed by atoms with Crippen LogP contribution in [0.15, 0.2) is 121 Å². The van der Waals surface area contributed by atoms with E-state index < -0.39 is 0 Å². The summed E-state index contributed by atoms with van der Waals surface area (Å²) in [6.45, 7) is 0. The molecule has 0 saturated heterocycles. The number of nitrogens with zero attached hydrogens (tertiary/aromatic N) is 2. The Morgan fingerprint density at radius 3 is 1.21 bits per heavy atom. The van der Waals surface area contributed by atoms with Gasteiger partial charge in [-0.25, -0.2) is 0 Å². The van der Waals surface area contributed by atoms with E-state index in [4.69, 9.17) is 0 Å². The van der Waals surface area contributed by atoms with Crippen molar-refractivity contribution in [1.82, 2.24) is 9.97 Å². The summed E-state index contributed by atoms with van der Waals surface area (Å²) in [5, 5.41) is 4.47. The van der Waals surface area contributed by atoms with E-state index >= 15 is 0 Å². The molecule has 0 aliphatic carbocycles. The molecule has 0 saturated carbocycles. The van der Waals surface area contributed by atoms with E-state index in [1.165, 1.54) is 10.8 Å². The van der Waals surface area contributed by atoms with E-state index in [9.17, 15) is 0 Å². The van der Waals surface area contributed by atoms with Gasteiger partial charge < -0.3 is 9.97 Å². The van der Waals surface area contributed by atoms with E-state index in [1.54, 1.807) is 0 Å². The molecule has 0 atom stereocenters. The first-order valence-electron chi connectivity index (χ1n) is 10.5. The predicted octanol–water partition coefficient (Wildman–Crippen LogP) is 7.40. The molecule has 0 fully saturated rings. The van der Waals surface area contributed by atoms with Gasteiger partial charge in [-0.15, -0.1) is 57.9 Å². The number of fused-ring (bicyclic) bond motifs is 2. The smallest absolute Gasteiger partial charge is 0 e. The van der Waals surface area contributed by atoms with Gasteiger partial charge in [-0.3, -0.25) is 0 Å². The molecule has 0 unspecified atom stereocenters. The molecule has 33 heavy (non-hydrogen) atoms. The van der Waals surface area contributed by atoms with Gasteiger partial charge in [0.15, 0.2) is 0 Å². The number of hydrogen-bond acceptors (Lipinski definition) is 2. The van der Waals surface area contributed by atoms with Gasteiger partial charge in [0.1, 0.15) is 0 Å². The van der Waals surface area contributed by atoms with Crippen molar-refractivity contribution in [3.63, 3.8) is 0 Å². The molecule has 0 spiro atoms. The van der Waals surface area contributed by atoms with Crippen molar-refractivity contribution in [2.24, 2.45) is 0 Å². The Kier molecular flexibility index (Phi) is 7.36. The van der Waals surface area contributed by atoms with Crippen LogP contribution in [0.5, 0.6) is 0 Å². The molecule has 2 nitrogen and oxygen atoms in total. The van der Waals surface area contributed by atoms with Crippen molar-refractivity contribution in [3.8, 4) is 22.5 Å². The third kappa shape index (κ3) is 5.40. The predicted molar refractivity (Wildman–Crippen MR) is 132 cm³/mol. The second-order valence-corrected chi connectivity index (χ2v) is 7.41. The second kappa shape index (κ2) is 10.8. The van der Waals surface area contributed by atoms with Crippen LogP contribution in [0.1, 0.15) is 0 Å². The van der Waals surface area contributed by atoms with Crippen molar-refractivity contribution in [2.75, 3.05) is 0 Å². The van der Waals surface area contributed by atoms with E-state index in [-0.39, 0.29) is 20.1 Å². The minimum absolute atomic E-state index is 0. The van der Waals surface area contributed by atoms with Gasteiger partial charge >= 0.3 is 0 Å². The molecule has 0 N–H and O–H groups in total. The zero-order valence-corrected chi connectivity index (χ0v) is 20.2.